The molecule has 0 saturated heterocycles. The van der Waals surface area contributed by atoms with Crippen molar-refractivity contribution in [3.63, 3.8) is 0 Å². The summed E-state index contributed by atoms with van der Waals surface area (Å²) in [4.78, 5) is 13.1. The van der Waals surface area contributed by atoms with Crippen molar-refractivity contribution in [1.29, 1.82) is 0 Å². The van der Waals surface area contributed by atoms with Gasteiger partial charge in [-0.15, -0.1) is 11.8 Å². The van der Waals surface area contributed by atoms with E-state index >= 15 is 0 Å². The van der Waals surface area contributed by atoms with E-state index < -0.39 is 0 Å². The molecule has 0 saturated carbocycles. The van der Waals surface area contributed by atoms with Crippen molar-refractivity contribution in [1.82, 2.24) is 15.0 Å². The number of nitrogens with zero attached hydrogens (tertiary/aromatic N) is 3. The zero-order valence-corrected chi connectivity index (χ0v) is 13.3. The topological polar surface area (TPSA) is 64.7 Å². The van der Waals surface area contributed by atoms with Gasteiger partial charge in [0.05, 0.1) is 0 Å². The lowest BCUT2D eigenvalue weighted by Crippen LogP contribution is -1.98. The van der Waals surface area contributed by atoms with Crippen LogP contribution in [0.3, 0.4) is 0 Å². The lowest BCUT2D eigenvalue weighted by molar-refractivity contribution is 0.898. The van der Waals surface area contributed by atoms with Gasteiger partial charge in [0.2, 0.25) is 0 Å². The molecule has 0 spiro atoms. The maximum Gasteiger partial charge on any atom is 0.190 e. The molecule has 0 aliphatic heterocycles. The summed E-state index contributed by atoms with van der Waals surface area (Å²) in [5.41, 5.74) is 8.21. The Morgan fingerprint density at radius 2 is 2.10 bits per heavy atom. The first-order chi connectivity index (χ1) is 9.71. The molecule has 2 aromatic heterocycles. The Morgan fingerprint density at radius 1 is 1.25 bits per heavy atom. The van der Waals surface area contributed by atoms with Crippen LogP contribution in [-0.4, -0.2) is 27.0 Å². The van der Waals surface area contributed by atoms with Crippen molar-refractivity contribution in [2.75, 3.05) is 17.7 Å². The van der Waals surface area contributed by atoms with E-state index in [0.717, 1.165) is 34.5 Å². The molecule has 0 aliphatic rings. The second-order valence-corrected chi connectivity index (χ2v) is 6.11. The molecule has 2 aromatic rings. The summed E-state index contributed by atoms with van der Waals surface area (Å²) in [6.45, 7) is 2.15. The standard InChI is InChI=1S/C14H18N4S2/c1-3-10-4-6-16-11(8-10)5-7-20-14-17-12(15)9-13(18-14)19-2/h4,6,8-9H,3,5,7H2,1-2H3,(H2,15,17,18). The number of nitrogen functional groups attached to an aromatic ring is 1. The van der Waals surface area contributed by atoms with Crippen LogP contribution in [0.5, 0.6) is 0 Å². The SMILES string of the molecule is CCc1ccnc(CCSc2nc(N)cc(SC)n2)c1. The van der Waals surface area contributed by atoms with E-state index in [-0.39, 0.29) is 0 Å². The Kier molecular flexibility index (Phi) is 5.67. The smallest absolute Gasteiger partial charge is 0.190 e. The van der Waals surface area contributed by atoms with Gasteiger partial charge in [-0.1, -0.05) is 18.7 Å². The highest BCUT2D eigenvalue weighted by molar-refractivity contribution is 7.99. The Hall–Kier alpha value is -1.27. The van der Waals surface area contributed by atoms with Crippen LogP contribution in [0.25, 0.3) is 0 Å². The molecule has 0 aromatic carbocycles. The second-order valence-electron chi connectivity index (χ2n) is 4.23. The van der Waals surface area contributed by atoms with Crippen LogP contribution >= 0.6 is 23.5 Å². The largest absolute Gasteiger partial charge is 0.384 e. The maximum absolute atomic E-state index is 5.77. The van der Waals surface area contributed by atoms with E-state index in [1.807, 2.05) is 12.5 Å². The van der Waals surface area contributed by atoms with E-state index in [1.54, 1.807) is 29.6 Å². The van der Waals surface area contributed by atoms with Crippen LogP contribution in [-0.2, 0) is 12.8 Å². The van der Waals surface area contributed by atoms with Gasteiger partial charge in [0, 0.05) is 23.7 Å². The molecule has 2 N–H and O–H groups in total. The summed E-state index contributed by atoms with van der Waals surface area (Å²) in [6.07, 6.45) is 5.81. The third kappa shape index (κ3) is 4.38. The molecule has 2 rings (SSSR count). The number of thioether (sulfide) groups is 2. The average molecular weight is 306 g/mol. The third-order valence-corrected chi connectivity index (χ3v) is 4.27. The van der Waals surface area contributed by atoms with Gasteiger partial charge in [-0.2, -0.15) is 0 Å². The molecule has 0 amide bonds. The fourth-order valence-corrected chi connectivity index (χ4v) is 3.02. The van der Waals surface area contributed by atoms with Crippen molar-refractivity contribution in [3.05, 3.63) is 35.7 Å². The van der Waals surface area contributed by atoms with Gasteiger partial charge in [0.1, 0.15) is 10.8 Å². The molecular weight excluding hydrogens is 288 g/mol. The number of pyridine rings is 1. The average Bonchev–Trinajstić information content (AvgIpc) is 2.47. The number of anilines is 1. The van der Waals surface area contributed by atoms with E-state index in [9.17, 15) is 0 Å². The lowest BCUT2D eigenvalue weighted by Gasteiger charge is -2.04. The Labute approximate surface area is 128 Å². The minimum absolute atomic E-state index is 0.526. The summed E-state index contributed by atoms with van der Waals surface area (Å²) in [5, 5.41) is 1.65. The minimum Gasteiger partial charge on any atom is -0.384 e. The molecule has 0 fully saturated rings. The van der Waals surface area contributed by atoms with Crippen LogP contribution in [0.1, 0.15) is 18.2 Å². The van der Waals surface area contributed by atoms with Gasteiger partial charge >= 0.3 is 0 Å². The summed E-state index contributed by atoms with van der Waals surface area (Å²) in [7, 11) is 0. The quantitative estimate of drug-likeness (QED) is 0.503. The van der Waals surface area contributed by atoms with E-state index in [2.05, 4.69) is 34.0 Å². The van der Waals surface area contributed by atoms with Crippen LogP contribution in [0.2, 0.25) is 0 Å². The lowest BCUT2D eigenvalue weighted by atomic mass is 10.1. The van der Waals surface area contributed by atoms with E-state index in [4.69, 9.17) is 5.73 Å². The Bertz CT molecular complexity index is 575. The fraction of sp³-hybridized carbons (Fsp3) is 0.357. The number of nitrogens with two attached hydrogens (primary N) is 1. The van der Waals surface area contributed by atoms with Crippen LogP contribution < -0.4 is 5.73 Å². The van der Waals surface area contributed by atoms with E-state index in [1.165, 1.54) is 5.56 Å². The summed E-state index contributed by atoms with van der Waals surface area (Å²) >= 11 is 3.19. The molecule has 0 unspecified atom stereocenters. The molecule has 2 heterocycles. The molecule has 0 aliphatic carbocycles. The highest BCUT2D eigenvalue weighted by atomic mass is 32.2. The van der Waals surface area contributed by atoms with Gasteiger partial charge in [-0.3, -0.25) is 4.98 Å². The molecule has 20 heavy (non-hydrogen) atoms. The Balaban J connectivity index is 1.93. The predicted molar refractivity (Wildman–Crippen MR) is 86.3 cm³/mol. The fourth-order valence-electron chi connectivity index (χ4n) is 1.72. The van der Waals surface area contributed by atoms with Gasteiger partial charge < -0.3 is 5.73 Å². The zero-order chi connectivity index (χ0) is 14.4. The van der Waals surface area contributed by atoms with Crippen molar-refractivity contribution < 1.29 is 0 Å². The number of hydrogen-bond acceptors (Lipinski definition) is 6. The maximum atomic E-state index is 5.77. The molecule has 106 valence electrons. The van der Waals surface area contributed by atoms with Crippen LogP contribution in [0.15, 0.2) is 34.6 Å². The molecular formula is C14H18N4S2. The Morgan fingerprint density at radius 3 is 2.85 bits per heavy atom. The highest BCUT2D eigenvalue weighted by Crippen LogP contribution is 2.20. The third-order valence-electron chi connectivity index (χ3n) is 2.79. The number of aryl methyl sites for hydroxylation is 2. The normalized spacial score (nSPS) is 10.7. The van der Waals surface area contributed by atoms with Gasteiger partial charge in [-0.05, 0) is 36.8 Å². The molecule has 6 heteroatoms. The summed E-state index contributed by atoms with van der Waals surface area (Å²) in [6, 6.07) is 6.01. The minimum atomic E-state index is 0.526. The highest BCUT2D eigenvalue weighted by Gasteiger charge is 2.04. The van der Waals surface area contributed by atoms with Crippen molar-refractivity contribution in [3.8, 4) is 0 Å². The van der Waals surface area contributed by atoms with Crippen molar-refractivity contribution >= 4 is 29.3 Å². The first kappa shape index (κ1) is 15.1. The monoisotopic (exact) mass is 306 g/mol. The molecule has 4 nitrogen and oxygen atoms in total. The molecule has 0 bridgehead atoms. The second kappa shape index (κ2) is 7.50. The van der Waals surface area contributed by atoms with Crippen LogP contribution in [0, 0.1) is 0 Å². The number of hydrogen-bond donors (Lipinski definition) is 1. The first-order valence-electron chi connectivity index (χ1n) is 6.46. The zero-order valence-electron chi connectivity index (χ0n) is 11.7. The number of rotatable bonds is 6. The number of aromatic nitrogens is 3. The predicted octanol–water partition coefficient (Wildman–Crippen LogP) is 3.07. The van der Waals surface area contributed by atoms with Gasteiger partial charge in [0.15, 0.2) is 5.16 Å². The molecule has 0 atom stereocenters. The van der Waals surface area contributed by atoms with Crippen molar-refractivity contribution in [2.24, 2.45) is 0 Å². The molecule has 0 radical (unpaired) electrons. The first-order valence-corrected chi connectivity index (χ1v) is 8.67. The van der Waals surface area contributed by atoms with Crippen molar-refractivity contribution in [2.45, 2.75) is 29.9 Å². The van der Waals surface area contributed by atoms with Gasteiger partial charge in [-0.25, -0.2) is 9.97 Å². The summed E-state index contributed by atoms with van der Waals surface area (Å²) in [5.74, 6) is 1.43. The van der Waals surface area contributed by atoms with Crippen LogP contribution in [0.4, 0.5) is 5.82 Å². The van der Waals surface area contributed by atoms with Gasteiger partial charge in [0.25, 0.3) is 0 Å². The summed E-state index contributed by atoms with van der Waals surface area (Å²) < 4.78 is 0. The van der Waals surface area contributed by atoms with E-state index in [0.29, 0.717) is 5.82 Å².